The molecule has 0 aliphatic heterocycles. The third-order valence-electron chi connectivity index (χ3n) is 0.451. The van der Waals surface area contributed by atoms with E-state index in [0.29, 0.717) is 6.61 Å². The highest BCUT2D eigenvalue weighted by molar-refractivity contribution is 5.85. The molecule has 0 radical (unpaired) electrons. The minimum Gasteiger partial charge on any atom is -0.412 e. The van der Waals surface area contributed by atoms with Crippen LogP contribution in [0.15, 0.2) is 0 Å². The van der Waals surface area contributed by atoms with Gasteiger partial charge in [-0.25, -0.2) is 0 Å². The summed E-state index contributed by atoms with van der Waals surface area (Å²) in [4.78, 5) is 0. The molecule has 0 aromatic heterocycles. The van der Waals surface area contributed by atoms with E-state index in [1.165, 1.54) is 0 Å². The van der Waals surface area contributed by atoms with Crippen LogP contribution in [0, 0.1) is 0 Å². The maximum Gasteiger partial charge on any atom is 0.0601 e. The van der Waals surface area contributed by atoms with Crippen molar-refractivity contribution in [1.82, 2.24) is 5.43 Å². The van der Waals surface area contributed by atoms with Gasteiger partial charge in [0, 0.05) is 13.7 Å². The molecule has 0 amide bonds. The Morgan fingerprint density at radius 3 is 2.25 bits per heavy atom. The number of hydrazine groups is 1. The molecule has 5 N–H and O–H groups in total. The second-order valence-electron chi connectivity index (χ2n) is 0.947. The molecule has 54 valence electrons. The highest BCUT2D eigenvalue weighted by atomic mass is 35.5. The number of methoxy groups -OCH3 is 1. The minimum absolute atomic E-state index is 0. The summed E-state index contributed by atoms with van der Waals surface area (Å²) in [7, 11) is 1.64. The standard InChI is InChI=1S/C3H10N2O.ClH.H2O/c1-6-3-2-5-4;;/h5H,2-4H2,1H3;1H;1H2. The molecule has 0 unspecified atom stereocenters. The zero-order valence-corrected chi connectivity index (χ0v) is 5.62. The Labute approximate surface area is 55.1 Å². The Bertz CT molecular complexity index is 27.2. The maximum absolute atomic E-state index is 4.88. The van der Waals surface area contributed by atoms with Crippen LogP contribution < -0.4 is 11.3 Å². The number of ether oxygens (including phenoxy) is 1. The van der Waals surface area contributed by atoms with Gasteiger partial charge in [0.25, 0.3) is 0 Å². The summed E-state index contributed by atoms with van der Waals surface area (Å²) in [5.74, 6) is 4.88. The van der Waals surface area contributed by atoms with Crippen molar-refractivity contribution in [3.8, 4) is 0 Å². The van der Waals surface area contributed by atoms with Crippen LogP contribution in [0.3, 0.4) is 0 Å². The van der Waals surface area contributed by atoms with E-state index in [0.717, 1.165) is 6.54 Å². The second-order valence-corrected chi connectivity index (χ2v) is 0.947. The number of nitrogens with two attached hydrogens (primary N) is 1. The van der Waals surface area contributed by atoms with Crippen LogP contribution >= 0.6 is 12.4 Å². The lowest BCUT2D eigenvalue weighted by Crippen LogP contribution is -2.25. The van der Waals surface area contributed by atoms with Crippen LogP contribution in [0.2, 0.25) is 0 Å². The van der Waals surface area contributed by atoms with Crippen molar-refractivity contribution >= 4 is 12.4 Å². The Kier molecular flexibility index (Phi) is 30.8. The lowest BCUT2D eigenvalue weighted by molar-refractivity contribution is 0.200. The van der Waals surface area contributed by atoms with E-state index in [1.807, 2.05) is 0 Å². The Morgan fingerprint density at radius 2 is 2.12 bits per heavy atom. The molecular weight excluding hydrogens is 131 g/mol. The number of rotatable bonds is 3. The van der Waals surface area contributed by atoms with Gasteiger partial charge >= 0.3 is 0 Å². The summed E-state index contributed by atoms with van der Waals surface area (Å²) in [6, 6.07) is 0. The van der Waals surface area contributed by atoms with Crippen molar-refractivity contribution in [2.75, 3.05) is 20.3 Å². The van der Waals surface area contributed by atoms with Crippen LogP contribution in [0.1, 0.15) is 0 Å². The normalized spacial score (nSPS) is 6.75. The highest BCUT2D eigenvalue weighted by Gasteiger charge is 1.72. The zero-order valence-electron chi connectivity index (χ0n) is 4.81. The van der Waals surface area contributed by atoms with E-state index in [-0.39, 0.29) is 17.9 Å². The summed E-state index contributed by atoms with van der Waals surface area (Å²) >= 11 is 0. The molecule has 0 fully saturated rings. The van der Waals surface area contributed by atoms with E-state index in [9.17, 15) is 0 Å². The average Bonchev–Trinajstić information content (AvgIpc) is 1.61. The molecule has 5 heteroatoms. The van der Waals surface area contributed by atoms with E-state index < -0.39 is 0 Å². The van der Waals surface area contributed by atoms with E-state index >= 15 is 0 Å². The van der Waals surface area contributed by atoms with Crippen LogP contribution in [0.5, 0.6) is 0 Å². The molecule has 4 nitrogen and oxygen atoms in total. The van der Waals surface area contributed by atoms with Crippen molar-refractivity contribution in [2.45, 2.75) is 0 Å². The predicted octanol–water partition coefficient (Wildman–Crippen LogP) is -1.31. The molecule has 0 aromatic rings. The van der Waals surface area contributed by atoms with Crippen LogP contribution in [-0.2, 0) is 4.74 Å². The monoisotopic (exact) mass is 144 g/mol. The second kappa shape index (κ2) is 15.7. The number of hydrogen-bond donors (Lipinski definition) is 2. The molecule has 0 spiro atoms. The zero-order chi connectivity index (χ0) is 4.83. The topological polar surface area (TPSA) is 78.8 Å². The van der Waals surface area contributed by atoms with Crippen molar-refractivity contribution in [1.29, 1.82) is 0 Å². The molecule has 8 heavy (non-hydrogen) atoms. The van der Waals surface area contributed by atoms with Crippen LogP contribution in [0.4, 0.5) is 0 Å². The van der Waals surface area contributed by atoms with E-state index in [1.54, 1.807) is 7.11 Å². The summed E-state index contributed by atoms with van der Waals surface area (Å²) in [5.41, 5.74) is 2.44. The highest BCUT2D eigenvalue weighted by Crippen LogP contribution is 1.56. The Balaban J connectivity index is -0.000000125. The largest absolute Gasteiger partial charge is 0.412 e. The molecule has 0 bridgehead atoms. The maximum atomic E-state index is 4.88. The lowest BCUT2D eigenvalue weighted by atomic mass is 10.7. The molecule has 0 saturated carbocycles. The number of nitrogens with one attached hydrogen (secondary N) is 1. The van der Waals surface area contributed by atoms with Gasteiger partial charge in [-0.3, -0.25) is 11.3 Å². The summed E-state index contributed by atoms with van der Waals surface area (Å²) in [6.07, 6.45) is 0. The predicted molar refractivity (Wildman–Crippen MR) is 34.9 cm³/mol. The molecule has 0 rings (SSSR count). The first kappa shape index (κ1) is 15.7. The molecular formula is C3H13ClN2O2. The van der Waals surface area contributed by atoms with Crippen molar-refractivity contribution in [3.63, 3.8) is 0 Å². The van der Waals surface area contributed by atoms with Crippen molar-refractivity contribution in [3.05, 3.63) is 0 Å². The first-order valence-electron chi connectivity index (χ1n) is 1.84. The fraction of sp³-hybridized carbons (Fsp3) is 1.00. The van der Waals surface area contributed by atoms with Gasteiger partial charge in [-0.05, 0) is 0 Å². The van der Waals surface area contributed by atoms with Gasteiger partial charge in [-0.2, -0.15) is 0 Å². The van der Waals surface area contributed by atoms with Gasteiger partial charge < -0.3 is 10.2 Å². The third kappa shape index (κ3) is 16.5. The SMILES string of the molecule is COCCNN.Cl.O. The van der Waals surface area contributed by atoms with Crippen molar-refractivity contribution in [2.24, 2.45) is 5.84 Å². The van der Waals surface area contributed by atoms with Gasteiger partial charge in [-0.15, -0.1) is 12.4 Å². The first-order chi connectivity index (χ1) is 2.91. The molecule has 0 atom stereocenters. The fourth-order valence-electron chi connectivity index (χ4n) is 0.161. The van der Waals surface area contributed by atoms with E-state index in [2.05, 4.69) is 10.2 Å². The number of halogens is 1. The van der Waals surface area contributed by atoms with Gasteiger partial charge in [0.05, 0.1) is 6.61 Å². The van der Waals surface area contributed by atoms with Gasteiger partial charge in [0.15, 0.2) is 0 Å². The van der Waals surface area contributed by atoms with Crippen LogP contribution in [0.25, 0.3) is 0 Å². The molecule has 0 aliphatic rings. The fourth-order valence-corrected chi connectivity index (χ4v) is 0.161. The smallest absolute Gasteiger partial charge is 0.0601 e. The molecule has 0 saturated heterocycles. The summed E-state index contributed by atoms with van der Waals surface area (Å²) in [5, 5.41) is 0. The molecule has 0 aliphatic carbocycles. The summed E-state index contributed by atoms with van der Waals surface area (Å²) < 4.78 is 4.64. The minimum atomic E-state index is 0. The molecule has 0 heterocycles. The van der Waals surface area contributed by atoms with Crippen molar-refractivity contribution < 1.29 is 10.2 Å². The Hall–Kier alpha value is 0.130. The van der Waals surface area contributed by atoms with Crippen LogP contribution in [-0.4, -0.2) is 25.7 Å². The molecule has 0 aromatic carbocycles. The van der Waals surface area contributed by atoms with Gasteiger partial charge in [-0.1, -0.05) is 0 Å². The third-order valence-corrected chi connectivity index (χ3v) is 0.451. The van der Waals surface area contributed by atoms with Gasteiger partial charge in [0.1, 0.15) is 0 Å². The average molecular weight is 145 g/mol. The number of hydrogen-bond acceptors (Lipinski definition) is 3. The summed E-state index contributed by atoms with van der Waals surface area (Å²) in [6.45, 7) is 1.40. The van der Waals surface area contributed by atoms with Gasteiger partial charge in [0.2, 0.25) is 0 Å². The Morgan fingerprint density at radius 1 is 1.62 bits per heavy atom. The first-order valence-corrected chi connectivity index (χ1v) is 1.84. The lowest BCUT2D eigenvalue weighted by Gasteiger charge is -1.92. The quantitative estimate of drug-likeness (QED) is 0.293. The van der Waals surface area contributed by atoms with E-state index in [4.69, 9.17) is 5.84 Å².